The van der Waals surface area contributed by atoms with Crippen molar-refractivity contribution in [3.8, 4) is 23.6 Å². The van der Waals surface area contributed by atoms with Gasteiger partial charge in [-0.25, -0.2) is 23.6 Å². The fourth-order valence-corrected chi connectivity index (χ4v) is 22.2. The Morgan fingerprint density at radius 3 is 1.14 bits per heavy atom. The van der Waals surface area contributed by atoms with Crippen LogP contribution in [0.4, 0.5) is 0 Å². The molecule has 123 heavy (non-hydrogen) atoms. The predicted octanol–water partition coefficient (Wildman–Crippen LogP) is 23.0. The van der Waals surface area contributed by atoms with Crippen LogP contribution in [0.15, 0.2) is 84.9 Å². The zero-order chi connectivity index (χ0) is 91.5. The van der Waals surface area contributed by atoms with Crippen LogP contribution in [0.25, 0.3) is 0 Å². The lowest BCUT2D eigenvalue weighted by molar-refractivity contribution is -0.143. The van der Waals surface area contributed by atoms with Crippen LogP contribution in [-0.4, -0.2) is 131 Å². The Morgan fingerprint density at radius 1 is 0.455 bits per heavy atom. The van der Waals surface area contributed by atoms with Crippen molar-refractivity contribution in [2.75, 3.05) is 39.5 Å². The molecule has 2 amide bonds. The number of esters is 4. The summed E-state index contributed by atoms with van der Waals surface area (Å²) in [6.45, 7) is 51.0. The van der Waals surface area contributed by atoms with Crippen molar-refractivity contribution in [2.24, 2.45) is 10.8 Å². The third-order valence-corrected chi connectivity index (χ3v) is 29.2. The highest BCUT2D eigenvalue weighted by Gasteiger charge is 2.60. The summed E-state index contributed by atoms with van der Waals surface area (Å²) < 4.78 is 49.9. The molecular formula is C96H127Cl4N7O14P2. The number of benzene rings is 6. The maximum absolute atomic E-state index is 13.8. The van der Waals surface area contributed by atoms with Crippen LogP contribution < -0.4 is 20.1 Å². The van der Waals surface area contributed by atoms with Gasteiger partial charge in [0.1, 0.15) is 11.5 Å². The second kappa shape index (κ2) is 42.6. The molecule has 2 aliphatic carbocycles. The number of amides is 2. The fourth-order valence-electron chi connectivity index (χ4n) is 16.5. The number of hydrogen-bond acceptors (Lipinski definition) is 19. The molecule has 10 rings (SSSR count). The zero-order valence-corrected chi connectivity index (χ0v) is 81.1. The van der Waals surface area contributed by atoms with Crippen LogP contribution in [0.3, 0.4) is 0 Å². The number of rotatable bonds is 33. The molecule has 3 atom stereocenters. The molecule has 6 aromatic carbocycles. The number of nitriles is 2. The molecule has 3 unspecified atom stereocenters. The van der Waals surface area contributed by atoms with E-state index in [1.807, 2.05) is 65.8 Å². The monoisotopic (exact) mass is 1800 g/mol. The summed E-state index contributed by atoms with van der Waals surface area (Å²) >= 11 is 28.5. The summed E-state index contributed by atoms with van der Waals surface area (Å²) in [5.41, 5.74) is 3.26. The summed E-state index contributed by atoms with van der Waals surface area (Å²) in [6.07, 6.45) is 7.50. The number of fused-ring (bicyclic) bond motifs is 12. The Morgan fingerprint density at radius 2 is 0.789 bits per heavy atom. The van der Waals surface area contributed by atoms with E-state index in [1.54, 1.807) is 102 Å². The number of ether oxygens (including phenoxy) is 4. The number of carbonyl (C=O) groups excluding carboxylic acids is 6. The number of aryl methyl sites for hydroxylation is 2. The van der Waals surface area contributed by atoms with Crippen LogP contribution >= 0.6 is 63.4 Å². The zero-order valence-electron chi connectivity index (χ0n) is 76.3. The van der Waals surface area contributed by atoms with Crippen molar-refractivity contribution in [3.63, 3.8) is 0 Å². The number of hydrogen-bond donors (Lipinski definition) is 3. The lowest BCUT2D eigenvalue weighted by atomic mass is 9.61. The molecule has 0 saturated heterocycles. The van der Waals surface area contributed by atoms with E-state index in [1.165, 1.54) is 0 Å². The fraction of sp³-hybridized carbons (Fsp3) is 0.542. The number of nitrogens with one attached hydrogen (secondary N) is 2. The molecule has 6 aromatic rings. The number of unbranched alkanes of at least 4 members (excludes halogenated alkanes) is 6. The van der Waals surface area contributed by atoms with Gasteiger partial charge >= 0.3 is 23.9 Å². The number of aliphatic hydroxyl groups excluding tert-OH is 1. The van der Waals surface area contributed by atoms with E-state index in [4.69, 9.17) is 94.6 Å². The summed E-state index contributed by atoms with van der Waals surface area (Å²) in [5, 5.41) is 34.2. The van der Waals surface area contributed by atoms with Gasteiger partial charge in [-0.2, -0.15) is 10.5 Å². The Hall–Kier alpha value is -7.14. The second-order valence-electron chi connectivity index (χ2n) is 36.6. The van der Waals surface area contributed by atoms with Gasteiger partial charge in [0, 0.05) is 121 Å². The van der Waals surface area contributed by atoms with Gasteiger partial charge in [-0.1, -0.05) is 136 Å². The molecule has 0 aromatic heterocycles. The molecule has 668 valence electrons. The minimum absolute atomic E-state index is 0.160. The predicted molar refractivity (Wildman–Crippen MR) is 490 cm³/mol. The lowest BCUT2D eigenvalue weighted by Gasteiger charge is -2.45. The molecule has 2 aliphatic heterocycles. The van der Waals surface area contributed by atoms with E-state index in [0.717, 1.165) is 73.6 Å². The largest absolute Gasteiger partial charge is 0.441 e. The molecule has 21 nitrogen and oxygen atoms in total. The number of aliphatic hydroxyl groups is 1. The van der Waals surface area contributed by atoms with Gasteiger partial charge in [0.15, 0.2) is 19.7 Å². The Kier molecular flexibility index (Phi) is 35.1. The van der Waals surface area contributed by atoms with Gasteiger partial charge in [0.2, 0.25) is 0 Å². The van der Waals surface area contributed by atoms with Crippen molar-refractivity contribution in [1.82, 2.24) is 24.6 Å². The Bertz CT molecular complexity index is 4880. The molecule has 2 heterocycles. The second-order valence-corrected chi connectivity index (χ2v) is 41.3. The van der Waals surface area contributed by atoms with E-state index in [9.17, 15) is 28.8 Å². The SMILES string of the molecule is CC(C)N(C(C)C)P(OCCC#N)N(C(C)C)C(C)C.Cc1ccc2c(c1Cl)C(C)(C)c1c(ccc(OC(=O)C(C)(C)C)c1Cl)C21OC(=O)c2ccc(C(=O)NCCCCCCO)cc21.Cc1ccc2c(c1Cl)C(C)(C)c1c(ccc(OC(=O)C(C)(C)C)c1Cl)C21OC(=O)c2ccc(C(=O)NCCCCCCOP(OCCC#N)N(C(C)C)C(C)C)cc21. The van der Waals surface area contributed by atoms with Crippen molar-refractivity contribution in [2.45, 2.75) is 289 Å². The maximum atomic E-state index is 13.8. The van der Waals surface area contributed by atoms with Gasteiger partial charge in [-0.05, 0) is 246 Å². The number of carbonyl (C=O) groups is 6. The summed E-state index contributed by atoms with van der Waals surface area (Å²) in [5.74, 6) is -2.12. The van der Waals surface area contributed by atoms with Crippen LogP contribution in [0.2, 0.25) is 20.1 Å². The van der Waals surface area contributed by atoms with E-state index in [0.29, 0.717) is 147 Å². The molecule has 27 heteroatoms. The van der Waals surface area contributed by atoms with E-state index < -0.39 is 73.7 Å². The van der Waals surface area contributed by atoms with Crippen molar-refractivity contribution in [1.29, 1.82) is 10.5 Å². The first kappa shape index (κ1) is 101. The van der Waals surface area contributed by atoms with Gasteiger partial charge in [0.25, 0.3) is 20.3 Å². The molecule has 0 fully saturated rings. The number of nitrogens with zero attached hydrogens (tertiary/aromatic N) is 5. The van der Waals surface area contributed by atoms with Crippen molar-refractivity contribution < 1.29 is 66.4 Å². The van der Waals surface area contributed by atoms with Gasteiger partial charge < -0.3 is 48.3 Å². The molecule has 0 bridgehead atoms. The third kappa shape index (κ3) is 22.0. The van der Waals surface area contributed by atoms with Gasteiger partial charge in [-0.3, -0.25) is 19.2 Å². The standard InChI is InChI=1S/C45H56Cl2N3O7P.C36H39Cl2NO6.C15H32N3OP/c1-27(2)50(28(3)4)58(55-25-15-22-48)54-24-14-12-11-13-23-49-40(51)30-17-18-31-34(26-30)45(57-41(31)52)32-19-16-29(5)38(46)36(32)44(9,10)37-33(45)20-21-35(39(37)47)56-42(53)43(6,7)8;1-20-11-14-23-27(29(20)37)35(5,6)28-24(15-16-26(30(28)38)44-33(43)34(2,3)4)36(23)25-19-21(12-13-22(25)32(42)45-36)31(41)39-17-9-7-8-10-18-40;1-12(2)17(13(3)4)20(19-11-9-10-16)18(14(5)6)15(7)8/h16-21,26-28H,11-15,23-25H2,1-10H3,(H,49,51);11-16,19,40H,7-10,17-18H2,1-6H3,(H,39,41);12-15H,9,11H2,1-8H3. The molecule has 0 radical (unpaired) electrons. The topological polar surface area (TPSA) is 269 Å². The van der Waals surface area contributed by atoms with Crippen LogP contribution in [0.1, 0.15) is 325 Å². The highest BCUT2D eigenvalue weighted by Crippen LogP contribution is 2.63. The molecule has 3 N–H and O–H groups in total. The first-order valence-corrected chi connectivity index (χ1v) is 46.7. The minimum atomic E-state index is -1.49. The average molecular weight is 1810 g/mol. The van der Waals surface area contributed by atoms with Crippen molar-refractivity contribution >= 4 is 99.1 Å². The first-order valence-electron chi connectivity index (χ1n) is 42.9. The lowest BCUT2D eigenvalue weighted by Crippen LogP contribution is -2.43. The smallest absolute Gasteiger partial charge is 0.340 e. The van der Waals surface area contributed by atoms with E-state index in [2.05, 4.69) is 120 Å². The van der Waals surface area contributed by atoms with Gasteiger partial charge in [0.05, 0.1) is 76.8 Å². The quantitative estimate of drug-likeness (QED) is 0.0149. The highest BCUT2D eigenvalue weighted by atomic mass is 35.5. The summed E-state index contributed by atoms with van der Waals surface area (Å²) in [6, 6.07) is 30.9. The van der Waals surface area contributed by atoms with Crippen LogP contribution in [-0.2, 0) is 54.7 Å². The normalized spacial score (nSPS) is 16.7. The van der Waals surface area contributed by atoms with Gasteiger partial charge in [-0.15, -0.1) is 0 Å². The molecule has 2 spiro atoms. The minimum Gasteiger partial charge on any atom is -0.441 e. The number of halogens is 4. The maximum Gasteiger partial charge on any atom is 0.340 e. The van der Waals surface area contributed by atoms with E-state index in [-0.39, 0.29) is 52.0 Å². The highest BCUT2D eigenvalue weighted by molar-refractivity contribution is 7.47. The Labute approximate surface area is 752 Å². The first-order chi connectivity index (χ1) is 57.7. The molecule has 4 aliphatic rings. The average Bonchev–Trinajstić information content (AvgIpc) is 1.61. The Balaban J connectivity index is 0.000000255. The van der Waals surface area contributed by atoms with Crippen LogP contribution in [0, 0.1) is 47.3 Å². The van der Waals surface area contributed by atoms with Crippen LogP contribution in [0.5, 0.6) is 11.5 Å². The molecule has 0 saturated carbocycles. The third-order valence-electron chi connectivity index (χ3n) is 22.3. The summed E-state index contributed by atoms with van der Waals surface area (Å²) in [7, 11) is -2.11. The van der Waals surface area contributed by atoms with Crippen molar-refractivity contribution in [3.05, 3.63) is 194 Å². The summed E-state index contributed by atoms with van der Waals surface area (Å²) in [4.78, 5) is 80.2. The molecular weight excluding hydrogens is 1680 g/mol. The van der Waals surface area contributed by atoms with E-state index >= 15 is 0 Å².